The highest BCUT2D eigenvalue weighted by Crippen LogP contribution is 2.35. The van der Waals surface area contributed by atoms with Crippen molar-refractivity contribution >= 4 is 5.91 Å². The lowest BCUT2D eigenvalue weighted by molar-refractivity contribution is -0.134. The van der Waals surface area contributed by atoms with E-state index in [1.165, 1.54) is 0 Å². The molecule has 1 amide bonds. The van der Waals surface area contributed by atoms with Crippen molar-refractivity contribution in [3.63, 3.8) is 0 Å². The second kappa shape index (κ2) is 4.52. The Bertz CT molecular complexity index is 392. The normalized spacial score (nSPS) is 42.9. The zero-order valence-electron chi connectivity index (χ0n) is 10.4. The fourth-order valence-corrected chi connectivity index (χ4v) is 3.65. The molecule has 2 heterocycles. The third-order valence-corrected chi connectivity index (χ3v) is 4.67. The first-order valence-electron chi connectivity index (χ1n) is 6.85. The maximum atomic E-state index is 12.5. The van der Waals surface area contributed by atoms with E-state index in [1.54, 1.807) is 4.90 Å². The second-order valence-electron chi connectivity index (χ2n) is 5.71. The van der Waals surface area contributed by atoms with Gasteiger partial charge in [0.15, 0.2) is 0 Å². The van der Waals surface area contributed by atoms with Gasteiger partial charge in [-0.15, -0.1) is 0 Å². The van der Waals surface area contributed by atoms with Gasteiger partial charge in [0, 0.05) is 12.6 Å². The highest BCUT2D eigenvalue weighted by Gasteiger charge is 2.46. The Balaban J connectivity index is 1.72. The van der Waals surface area contributed by atoms with Crippen molar-refractivity contribution in [3.05, 3.63) is 0 Å². The summed E-state index contributed by atoms with van der Waals surface area (Å²) in [5.41, 5.74) is 0. The van der Waals surface area contributed by atoms with Crippen molar-refractivity contribution in [2.45, 2.75) is 56.3 Å². The van der Waals surface area contributed by atoms with E-state index in [4.69, 9.17) is 5.26 Å². The van der Waals surface area contributed by atoms with E-state index < -0.39 is 0 Å². The lowest BCUT2D eigenvalue weighted by Crippen LogP contribution is -2.49. The zero-order chi connectivity index (χ0) is 12.7. The number of nitrogens with zero attached hydrogens (tertiary/aromatic N) is 2. The number of carbonyl (C=O) groups excluding carboxylic acids is 1. The van der Waals surface area contributed by atoms with E-state index in [-0.39, 0.29) is 30.1 Å². The summed E-state index contributed by atoms with van der Waals surface area (Å²) in [6, 6.07) is 1.86. The minimum absolute atomic E-state index is 0.0700. The lowest BCUT2D eigenvalue weighted by Gasteiger charge is -2.26. The number of likely N-dealkylation sites (tertiary alicyclic amines) is 1. The molecule has 3 rings (SSSR count). The Hall–Kier alpha value is -1.12. The van der Waals surface area contributed by atoms with Crippen LogP contribution >= 0.6 is 0 Å². The Morgan fingerprint density at radius 3 is 2.94 bits per heavy atom. The van der Waals surface area contributed by atoms with Crippen molar-refractivity contribution < 1.29 is 9.90 Å². The topological polar surface area (TPSA) is 76.4 Å². The number of carbonyl (C=O) groups is 1. The van der Waals surface area contributed by atoms with Gasteiger partial charge in [0.2, 0.25) is 5.91 Å². The summed E-state index contributed by atoms with van der Waals surface area (Å²) in [6.07, 6.45) is 3.99. The van der Waals surface area contributed by atoms with Crippen LogP contribution in [0.1, 0.15) is 32.1 Å². The molecule has 1 saturated carbocycles. The standard InChI is InChI=1S/C13H19N3O2/c14-7-9-2-1-5-16(9)13(18)12-8-3-4-11(17)10(6-8)15-12/h8-12,15,17H,1-6H2/t8-,9-,10-,11+,12+/m0/s1. The number of amides is 1. The van der Waals surface area contributed by atoms with E-state index in [2.05, 4.69) is 11.4 Å². The molecule has 0 unspecified atom stereocenters. The molecule has 3 aliphatic rings. The zero-order valence-corrected chi connectivity index (χ0v) is 10.4. The van der Waals surface area contributed by atoms with Gasteiger partial charge in [-0.05, 0) is 38.0 Å². The van der Waals surface area contributed by atoms with Crippen LogP contribution in [0.4, 0.5) is 0 Å². The molecule has 2 N–H and O–H groups in total. The van der Waals surface area contributed by atoms with Gasteiger partial charge >= 0.3 is 0 Å². The van der Waals surface area contributed by atoms with Crippen LogP contribution in [-0.4, -0.2) is 46.7 Å². The van der Waals surface area contributed by atoms with Crippen molar-refractivity contribution in [2.75, 3.05) is 6.54 Å². The number of nitriles is 1. The van der Waals surface area contributed by atoms with Crippen LogP contribution in [0.5, 0.6) is 0 Å². The largest absolute Gasteiger partial charge is 0.392 e. The molecule has 98 valence electrons. The Morgan fingerprint density at radius 2 is 2.22 bits per heavy atom. The van der Waals surface area contributed by atoms with Gasteiger partial charge in [0.1, 0.15) is 6.04 Å². The maximum Gasteiger partial charge on any atom is 0.241 e. The molecule has 3 fully saturated rings. The Kier molecular flexibility index (Phi) is 3.00. The summed E-state index contributed by atoms with van der Waals surface area (Å²) in [4.78, 5) is 14.2. The van der Waals surface area contributed by atoms with Crippen LogP contribution in [0.15, 0.2) is 0 Å². The van der Waals surface area contributed by atoms with E-state index in [9.17, 15) is 9.90 Å². The first-order chi connectivity index (χ1) is 8.70. The number of hydrogen-bond donors (Lipinski definition) is 2. The number of rotatable bonds is 1. The lowest BCUT2D eigenvalue weighted by atomic mass is 9.85. The molecule has 18 heavy (non-hydrogen) atoms. The van der Waals surface area contributed by atoms with Gasteiger partial charge in [-0.25, -0.2) is 0 Å². The summed E-state index contributed by atoms with van der Waals surface area (Å²) in [7, 11) is 0. The van der Waals surface area contributed by atoms with Crippen molar-refractivity contribution in [2.24, 2.45) is 5.92 Å². The molecule has 0 aromatic rings. The van der Waals surface area contributed by atoms with Gasteiger partial charge < -0.3 is 15.3 Å². The van der Waals surface area contributed by atoms with Crippen LogP contribution < -0.4 is 5.32 Å². The average molecular weight is 249 g/mol. The minimum Gasteiger partial charge on any atom is -0.392 e. The quantitative estimate of drug-likeness (QED) is 0.686. The first-order valence-corrected chi connectivity index (χ1v) is 6.85. The van der Waals surface area contributed by atoms with Crippen LogP contribution in [0.2, 0.25) is 0 Å². The maximum absolute atomic E-state index is 12.5. The molecular formula is C13H19N3O2. The van der Waals surface area contributed by atoms with Crippen molar-refractivity contribution in [1.82, 2.24) is 10.2 Å². The fraction of sp³-hybridized carbons (Fsp3) is 0.846. The highest BCUT2D eigenvalue weighted by molar-refractivity contribution is 5.83. The van der Waals surface area contributed by atoms with Crippen LogP contribution in [-0.2, 0) is 4.79 Å². The molecule has 1 aliphatic carbocycles. The molecule has 0 radical (unpaired) electrons. The molecule has 2 aliphatic heterocycles. The fourth-order valence-electron chi connectivity index (χ4n) is 3.65. The third-order valence-electron chi connectivity index (χ3n) is 4.67. The van der Waals surface area contributed by atoms with E-state index in [1.807, 2.05) is 0 Å². The summed E-state index contributed by atoms with van der Waals surface area (Å²) in [5.74, 6) is 0.409. The van der Waals surface area contributed by atoms with Crippen LogP contribution in [0, 0.1) is 17.2 Å². The van der Waals surface area contributed by atoms with Crippen molar-refractivity contribution in [1.29, 1.82) is 5.26 Å². The predicted molar refractivity (Wildman–Crippen MR) is 64.4 cm³/mol. The Morgan fingerprint density at radius 1 is 1.39 bits per heavy atom. The van der Waals surface area contributed by atoms with Gasteiger partial charge in [-0.2, -0.15) is 5.26 Å². The number of aliphatic hydroxyl groups excluding tert-OH is 1. The third kappa shape index (κ3) is 1.80. The molecule has 0 aromatic heterocycles. The molecule has 2 bridgehead atoms. The van der Waals surface area contributed by atoms with Gasteiger partial charge in [-0.3, -0.25) is 4.79 Å². The van der Waals surface area contributed by atoms with Gasteiger partial charge in [-0.1, -0.05) is 0 Å². The molecule has 0 aromatic carbocycles. The van der Waals surface area contributed by atoms with Crippen molar-refractivity contribution in [3.8, 4) is 6.07 Å². The molecule has 5 atom stereocenters. The van der Waals surface area contributed by atoms with E-state index in [0.717, 1.165) is 32.1 Å². The molecule has 2 saturated heterocycles. The monoisotopic (exact) mass is 249 g/mol. The SMILES string of the molecule is N#C[C@@H]1CCCN1C(=O)[C@@H]1N[C@H]2C[C@@H]1CC[C@H]2O. The number of fused-ring (bicyclic) bond motifs is 2. The Labute approximate surface area is 107 Å². The molecule has 5 nitrogen and oxygen atoms in total. The predicted octanol–water partition coefficient (Wildman–Crippen LogP) is 0.00238. The average Bonchev–Trinajstić information content (AvgIpc) is 2.98. The van der Waals surface area contributed by atoms with Crippen LogP contribution in [0.25, 0.3) is 0 Å². The summed E-state index contributed by atoms with van der Waals surface area (Å²) in [6.45, 7) is 0.704. The molecule has 5 heteroatoms. The highest BCUT2D eigenvalue weighted by atomic mass is 16.3. The number of aliphatic hydroxyl groups is 1. The summed E-state index contributed by atoms with van der Waals surface area (Å²) in [5, 5.41) is 22.1. The summed E-state index contributed by atoms with van der Waals surface area (Å²) >= 11 is 0. The minimum atomic E-state index is -0.315. The smallest absolute Gasteiger partial charge is 0.241 e. The van der Waals surface area contributed by atoms with Gasteiger partial charge in [0.25, 0.3) is 0 Å². The first kappa shape index (κ1) is 11.9. The number of hydrogen-bond acceptors (Lipinski definition) is 4. The van der Waals surface area contributed by atoms with E-state index >= 15 is 0 Å². The number of nitrogens with one attached hydrogen (secondary N) is 1. The second-order valence-corrected chi connectivity index (χ2v) is 5.71. The van der Waals surface area contributed by atoms with Crippen LogP contribution in [0.3, 0.4) is 0 Å². The summed E-state index contributed by atoms with van der Waals surface area (Å²) < 4.78 is 0. The van der Waals surface area contributed by atoms with Gasteiger partial charge in [0.05, 0.1) is 18.2 Å². The molecular weight excluding hydrogens is 230 g/mol. The molecule has 0 spiro atoms. The van der Waals surface area contributed by atoms with E-state index in [0.29, 0.717) is 12.5 Å².